The molecule has 2 N–H and O–H groups in total. The quantitative estimate of drug-likeness (QED) is 0.408. The zero-order valence-corrected chi connectivity index (χ0v) is 23.0. The van der Waals surface area contributed by atoms with Gasteiger partial charge in [0.05, 0.1) is 25.5 Å². The SMILES string of the molecule is CN(CCC1OCCO1)Cc1ccc(C(=O)NN(c2nc(C#N)ncc2Cl)C2CCCC2)cc1.O=C(O)C(F)(F)F. The Balaban J connectivity index is 0.000000587. The number of benzene rings is 1. The number of halogens is 4. The third kappa shape index (κ3) is 9.82. The summed E-state index contributed by atoms with van der Waals surface area (Å²) in [6, 6.07) is 9.54. The molecule has 1 aromatic carbocycles. The van der Waals surface area contributed by atoms with Crippen LogP contribution in [0.4, 0.5) is 19.0 Å². The Morgan fingerprint density at radius 1 is 1.20 bits per heavy atom. The monoisotopic (exact) mass is 598 g/mol. The summed E-state index contributed by atoms with van der Waals surface area (Å²) in [5, 5.41) is 18.3. The van der Waals surface area contributed by atoms with Gasteiger partial charge in [-0.1, -0.05) is 36.6 Å². The average molecular weight is 599 g/mol. The minimum atomic E-state index is -5.08. The van der Waals surface area contributed by atoms with Gasteiger partial charge in [-0.15, -0.1) is 0 Å². The van der Waals surface area contributed by atoms with Crippen LogP contribution in [0.2, 0.25) is 5.02 Å². The Labute approximate surface area is 239 Å². The first-order valence-electron chi connectivity index (χ1n) is 12.8. The van der Waals surface area contributed by atoms with Crippen molar-refractivity contribution >= 4 is 29.3 Å². The maximum Gasteiger partial charge on any atom is 0.490 e. The molecule has 15 heteroatoms. The lowest BCUT2D eigenvalue weighted by molar-refractivity contribution is -0.192. The second-order valence-corrected chi connectivity index (χ2v) is 9.83. The first-order chi connectivity index (χ1) is 19.5. The molecule has 0 radical (unpaired) electrons. The van der Waals surface area contributed by atoms with Gasteiger partial charge in [0.15, 0.2) is 12.1 Å². The number of carboxylic acid groups (broad SMARTS) is 1. The predicted molar refractivity (Wildman–Crippen MR) is 141 cm³/mol. The number of hydrogen-bond donors (Lipinski definition) is 2. The lowest BCUT2D eigenvalue weighted by Gasteiger charge is -2.30. The van der Waals surface area contributed by atoms with Crippen LogP contribution in [0.1, 0.15) is 53.8 Å². The van der Waals surface area contributed by atoms with E-state index in [1.54, 1.807) is 5.01 Å². The van der Waals surface area contributed by atoms with E-state index in [0.29, 0.717) is 24.6 Å². The number of aromatic nitrogens is 2. The topological polar surface area (TPSA) is 141 Å². The lowest BCUT2D eigenvalue weighted by atomic mass is 10.1. The van der Waals surface area contributed by atoms with Gasteiger partial charge in [-0.25, -0.2) is 9.78 Å². The van der Waals surface area contributed by atoms with Crippen LogP contribution in [0.5, 0.6) is 0 Å². The van der Waals surface area contributed by atoms with Crippen molar-refractivity contribution in [2.75, 3.05) is 31.8 Å². The fraction of sp³-hybridized carbons (Fsp3) is 0.500. The van der Waals surface area contributed by atoms with E-state index in [4.69, 9.17) is 31.0 Å². The van der Waals surface area contributed by atoms with Gasteiger partial charge in [-0.3, -0.25) is 15.2 Å². The molecule has 2 fully saturated rings. The number of amides is 1. The molecule has 41 heavy (non-hydrogen) atoms. The number of ether oxygens (including phenoxy) is 2. The summed E-state index contributed by atoms with van der Waals surface area (Å²) in [7, 11) is 2.05. The van der Waals surface area contributed by atoms with Gasteiger partial charge in [0, 0.05) is 25.1 Å². The number of hydrogen-bond acceptors (Lipinski definition) is 9. The second kappa shape index (κ2) is 14.9. The highest BCUT2D eigenvalue weighted by atomic mass is 35.5. The number of nitriles is 1. The molecule has 222 valence electrons. The van der Waals surface area contributed by atoms with Gasteiger partial charge in [0.25, 0.3) is 5.91 Å². The molecule has 1 aliphatic carbocycles. The number of rotatable bonds is 9. The van der Waals surface area contributed by atoms with Gasteiger partial charge in [-0.05, 0) is 37.6 Å². The fourth-order valence-electron chi connectivity index (χ4n) is 4.29. The van der Waals surface area contributed by atoms with Gasteiger partial charge in [-0.2, -0.15) is 23.4 Å². The van der Waals surface area contributed by atoms with E-state index >= 15 is 0 Å². The minimum absolute atomic E-state index is 0.0103. The molecular weight excluding hydrogens is 569 g/mol. The van der Waals surface area contributed by atoms with Crippen LogP contribution in [-0.2, 0) is 20.8 Å². The van der Waals surface area contributed by atoms with Crippen LogP contribution in [0.3, 0.4) is 0 Å². The zero-order chi connectivity index (χ0) is 30.0. The Hall–Kier alpha value is -3.51. The van der Waals surface area contributed by atoms with E-state index in [1.807, 2.05) is 30.3 Å². The van der Waals surface area contributed by atoms with Crippen molar-refractivity contribution in [1.29, 1.82) is 5.26 Å². The molecular formula is C26H30ClF3N6O5. The third-order valence-corrected chi connectivity index (χ3v) is 6.58. The summed E-state index contributed by atoms with van der Waals surface area (Å²) in [5.74, 6) is -2.65. The molecule has 2 aromatic rings. The van der Waals surface area contributed by atoms with Crippen molar-refractivity contribution in [3.8, 4) is 6.07 Å². The lowest BCUT2D eigenvalue weighted by Crippen LogP contribution is -2.48. The van der Waals surface area contributed by atoms with Gasteiger partial charge in [0.2, 0.25) is 5.82 Å². The van der Waals surface area contributed by atoms with Crippen LogP contribution in [0.15, 0.2) is 30.5 Å². The van der Waals surface area contributed by atoms with Crippen LogP contribution in [-0.4, -0.2) is 77.2 Å². The highest BCUT2D eigenvalue weighted by Crippen LogP contribution is 2.30. The molecule has 0 spiro atoms. The highest BCUT2D eigenvalue weighted by molar-refractivity contribution is 6.32. The smallest absolute Gasteiger partial charge is 0.475 e. The summed E-state index contributed by atoms with van der Waals surface area (Å²) in [5.41, 5.74) is 4.61. The normalized spacial score (nSPS) is 15.7. The summed E-state index contributed by atoms with van der Waals surface area (Å²) in [6.45, 7) is 2.95. The zero-order valence-electron chi connectivity index (χ0n) is 22.2. The number of nitrogens with one attached hydrogen (secondary N) is 1. The number of carboxylic acids is 1. The maximum absolute atomic E-state index is 13.1. The largest absolute Gasteiger partial charge is 0.490 e. The van der Waals surface area contributed by atoms with Gasteiger partial charge in [0.1, 0.15) is 11.1 Å². The molecule has 0 bridgehead atoms. The van der Waals surface area contributed by atoms with E-state index in [2.05, 4.69) is 27.3 Å². The summed E-state index contributed by atoms with van der Waals surface area (Å²) in [6.07, 6.45) is 0.969. The number of anilines is 1. The first-order valence-corrected chi connectivity index (χ1v) is 13.2. The standard InChI is InChI=1S/C24H29ClN6O3.C2HF3O2/c1-30(11-10-22-33-12-13-34-22)16-17-6-8-18(9-7-17)24(32)29-31(19-4-2-3-5-19)23-20(25)15-27-21(14-26)28-23;3-2(4,5)1(6)7/h6-9,15,19,22H,2-5,10-13,16H2,1H3,(H,29,32);(H,6,7). The number of carbonyl (C=O) groups is 2. The van der Waals surface area contributed by atoms with Gasteiger partial charge >= 0.3 is 12.1 Å². The second-order valence-electron chi connectivity index (χ2n) is 9.42. The molecule has 1 aliphatic heterocycles. The van der Waals surface area contributed by atoms with Crippen LogP contribution in [0.25, 0.3) is 0 Å². The molecule has 11 nitrogen and oxygen atoms in total. The van der Waals surface area contributed by atoms with E-state index < -0.39 is 12.1 Å². The molecule has 0 unspecified atom stereocenters. The van der Waals surface area contributed by atoms with Crippen LogP contribution < -0.4 is 10.4 Å². The maximum atomic E-state index is 13.1. The van der Waals surface area contributed by atoms with Crippen molar-refractivity contribution in [1.82, 2.24) is 20.3 Å². The molecule has 4 rings (SSSR count). The molecule has 1 saturated heterocycles. The summed E-state index contributed by atoms with van der Waals surface area (Å²) < 4.78 is 42.7. The van der Waals surface area contributed by atoms with E-state index in [-0.39, 0.29) is 29.1 Å². The Kier molecular flexibility index (Phi) is 11.7. The summed E-state index contributed by atoms with van der Waals surface area (Å²) in [4.78, 5) is 32.4. The molecule has 1 amide bonds. The Bertz CT molecular complexity index is 1220. The van der Waals surface area contributed by atoms with Crippen LogP contribution in [0, 0.1) is 11.3 Å². The number of nitrogens with zero attached hydrogens (tertiary/aromatic N) is 5. The Morgan fingerprint density at radius 3 is 2.37 bits per heavy atom. The first kappa shape index (κ1) is 32.0. The predicted octanol–water partition coefficient (Wildman–Crippen LogP) is 3.92. The average Bonchev–Trinajstić information content (AvgIpc) is 3.66. The van der Waals surface area contributed by atoms with Crippen LogP contribution >= 0.6 is 11.6 Å². The van der Waals surface area contributed by atoms with E-state index in [0.717, 1.165) is 50.8 Å². The molecule has 1 saturated carbocycles. The minimum Gasteiger partial charge on any atom is -0.475 e. The number of hydrazine groups is 1. The highest BCUT2D eigenvalue weighted by Gasteiger charge is 2.38. The van der Waals surface area contributed by atoms with E-state index in [1.165, 1.54) is 6.20 Å². The number of carbonyl (C=O) groups excluding carboxylic acids is 1. The fourth-order valence-corrected chi connectivity index (χ4v) is 4.47. The summed E-state index contributed by atoms with van der Waals surface area (Å²) >= 11 is 6.34. The molecule has 2 aliphatic rings. The van der Waals surface area contributed by atoms with Crippen molar-refractivity contribution in [2.45, 2.75) is 57.2 Å². The molecule has 2 heterocycles. The van der Waals surface area contributed by atoms with Crippen molar-refractivity contribution in [3.05, 3.63) is 52.4 Å². The molecule has 1 aromatic heterocycles. The van der Waals surface area contributed by atoms with Crippen molar-refractivity contribution in [2.24, 2.45) is 0 Å². The molecule has 0 atom stereocenters. The number of alkyl halides is 3. The Morgan fingerprint density at radius 2 is 1.80 bits per heavy atom. The van der Waals surface area contributed by atoms with Gasteiger partial charge < -0.3 is 19.5 Å². The van der Waals surface area contributed by atoms with E-state index in [9.17, 15) is 23.2 Å². The number of aliphatic carboxylic acids is 1. The van der Waals surface area contributed by atoms with Crippen molar-refractivity contribution < 1.29 is 37.3 Å². The van der Waals surface area contributed by atoms with Crippen molar-refractivity contribution in [3.63, 3.8) is 0 Å². The third-order valence-electron chi connectivity index (χ3n) is 6.31.